The number of aromatic nitrogens is 1. The lowest BCUT2D eigenvalue weighted by atomic mass is 9.79. The molecule has 22 heavy (non-hydrogen) atoms. The number of hydrogen-bond donors (Lipinski definition) is 1. The van der Waals surface area contributed by atoms with Crippen molar-refractivity contribution in [1.82, 2.24) is 10.3 Å². The molecule has 1 saturated heterocycles. The predicted molar refractivity (Wildman–Crippen MR) is 87.2 cm³/mol. The number of amides is 1. The maximum atomic E-state index is 12.2. The maximum Gasteiger partial charge on any atom is 0.496 e. The van der Waals surface area contributed by atoms with Crippen molar-refractivity contribution in [3.63, 3.8) is 0 Å². The summed E-state index contributed by atoms with van der Waals surface area (Å²) in [6.45, 7) is 13.8. The smallest absolute Gasteiger partial charge is 0.399 e. The molecule has 0 bridgehead atoms. The fraction of sp³-hybridized carbons (Fsp3) is 0.625. The van der Waals surface area contributed by atoms with Crippen LogP contribution >= 0.6 is 0 Å². The summed E-state index contributed by atoms with van der Waals surface area (Å²) in [6, 6.07) is 1.77. The summed E-state index contributed by atoms with van der Waals surface area (Å²) in [5, 5.41) is 2.93. The summed E-state index contributed by atoms with van der Waals surface area (Å²) in [5.41, 5.74) is 0.127. The third kappa shape index (κ3) is 3.50. The Morgan fingerprint density at radius 3 is 2.18 bits per heavy atom. The molecule has 1 N–H and O–H groups in total. The first-order valence-electron chi connectivity index (χ1n) is 7.54. The Morgan fingerprint density at radius 2 is 1.68 bits per heavy atom. The molecule has 1 fully saturated rings. The van der Waals surface area contributed by atoms with E-state index in [-0.39, 0.29) is 11.4 Å². The van der Waals surface area contributed by atoms with Gasteiger partial charge in [-0.3, -0.25) is 9.78 Å². The second kappa shape index (κ2) is 5.35. The average molecular weight is 304 g/mol. The number of carbonyl (C=O) groups is 1. The summed E-state index contributed by atoms with van der Waals surface area (Å²) in [7, 11) is -0.514. The van der Waals surface area contributed by atoms with Crippen molar-refractivity contribution in [2.75, 3.05) is 0 Å². The third-order valence-corrected chi connectivity index (χ3v) is 4.04. The van der Waals surface area contributed by atoms with Crippen molar-refractivity contribution in [3.05, 3.63) is 24.0 Å². The van der Waals surface area contributed by atoms with Crippen LogP contribution in [0.1, 0.15) is 58.8 Å². The molecule has 1 aliphatic heterocycles. The van der Waals surface area contributed by atoms with E-state index in [0.29, 0.717) is 5.56 Å². The van der Waals surface area contributed by atoms with Crippen molar-refractivity contribution < 1.29 is 14.1 Å². The van der Waals surface area contributed by atoms with E-state index < -0.39 is 18.3 Å². The number of rotatable bonds is 2. The molecule has 5 nitrogen and oxygen atoms in total. The van der Waals surface area contributed by atoms with Crippen LogP contribution in [-0.2, 0) is 9.31 Å². The average Bonchev–Trinajstić information content (AvgIpc) is 2.57. The molecule has 2 rings (SSSR count). The molecule has 0 atom stereocenters. The van der Waals surface area contributed by atoms with Crippen LogP contribution < -0.4 is 10.8 Å². The molecule has 1 aromatic heterocycles. The lowest BCUT2D eigenvalue weighted by Gasteiger charge is -2.32. The first-order chi connectivity index (χ1) is 9.91. The van der Waals surface area contributed by atoms with Crippen LogP contribution in [0.5, 0.6) is 0 Å². The fourth-order valence-corrected chi connectivity index (χ4v) is 2.10. The Bertz CT molecular complexity index is 563. The molecule has 0 radical (unpaired) electrons. The zero-order valence-electron chi connectivity index (χ0n) is 14.5. The van der Waals surface area contributed by atoms with Crippen LogP contribution in [0.2, 0.25) is 0 Å². The van der Waals surface area contributed by atoms with Gasteiger partial charge in [-0.05, 0) is 54.5 Å². The van der Waals surface area contributed by atoms with Gasteiger partial charge in [0.1, 0.15) is 0 Å². The van der Waals surface area contributed by atoms with Crippen molar-refractivity contribution in [1.29, 1.82) is 0 Å². The van der Waals surface area contributed by atoms with Crippen LogP contribution in [0, 0.1) is 0 Å². The van der Waals surface area contributed by atoms with Crippen LogP contribution in [0.3, 0.4) is 0 Å². The quantitative estimate of drug-likeness (QED) is 0.848. The van der Waals surface area contributed by atoms with Crippen molar-refractivity contribution >= 4 is 18.5 Å². The van der Waals surface area contributed by atoms with Gasteiger partial charge in [-0.25, -0.2) is 0 Å². The normalized spacial score (nSPS) is 20.0. The number of nitrogens with zero attached hydrogens (tertiary/aromatic N) is 1. The van der Waals surface area contributed by atoms with Crippen LogP contribution in [0.15, 0.2) is 18.5 Å². The highest BCUT2D eigenvalue weighted by molar-refractivity contribution is 6.62. The second-order valence-electron chi connectivity index (χ2n) is 7.80. The first kappa shape index (κ1) is 17.0. The zero-order valence-corrected chi connectivity index (χ0v) is 14.5. The van der Waals surface area contributed by atoms with Gasteiger partial charge in [0.05, 0.1) is 16.8 Å². The minimum absolute atomic E-state index is 0.154. The molecule has 1 amide bonds. The van der Waals surface area contributed by atoms with Gasteiger partial charge >= 0.3 is 7.12 Å². The van der Waals surface area contributed by atoms with E-state index in [9.17, 15) is 4.79 Å². The molecule has 0 unspecified atom stereocenters. The van der Waals surface area contributed by atoms with Gasteiger partial charge in [0.25, 0.3) is 5.91 Å². The molecular formula is C16H25BN2O3. The fourth-order valence-electron chi connectivity index (χ4n) is 2.10. The number of hydrogen-bond acceptors (Lipinski definition) is 4. The first-order valence-corrected chi connectivity index (χ1v) is 7.54. The van der Waals surface area contributed by atoms with E-state index in [1.165, 1.54) is 0 Å². The predicted octanol–water partition coefficient (Wildman–Crippen LogP) is 1.91. The maximum absolute atomic E-state index is 12.2. The summed E-state index contributed by atoms with van der Waals surface area (Å²) < 4.78 is 12.0. The molecule has 0 aliphatic carbocycles. The van der Waals surface area contributed by atoms with Crippen molar-refractivity contribution in [2.45, 2.75) is 65.2 Å². The van der Waals surface area contributed by atoms with E-state index in [2.05, 4.69) is 10.3 Å². The van der Waals surface area contributed by atoms with Crippen molar-refractivity contribution in [2.24, 2.45) is 0 Å². The Kier molecular flexibility index (Phi) is 4.13. The molecule has 1 aromatic rings. The highest BCUT2D eigenvalue weighted by Crippen LogP contribution is 2.36. The van der Waals surface area contributed by atoms with E-state index in [4.69, 9.17) is 9.31 Å². The van der Waals surface area contributed by atoms with E-state index >= 15 is 0 Å². The largest absolute Gasteiger partial charge is 0.496 e. The zero-order chi connectivity index (χ0) is 16.8. The summed E-state index contributed by atoms with van der Waals surface area (Å²) in [4.78, 5) is 16.4. The van der Waals surface area contributed by atoms with Gasteiger partial charge in [0.15, 0.2) is 0 Å². The Morgan fingerprint density at radius 1 is 1.14 bits per heavy atom. The minimum Gasteiger partial charge on any atom is -0.399 e. The Hall–Kier alpha value is -1.40. The SMILES string of the molecule is CC(C)(C)NC(=O)c1cncc(B2OC(C)(C)C(C)(C)O2)c1. The molecule has 0 aromatic carbocycles. The van der Waals surface area contributed by atoms with E-state index in [1.54, 1.807) is 18.5 Å². The molecular weight excluding hydrogens is 279 g/mol. The molecule has 120 valence electrons. The lowest BCUT2D eigenvalue weighted by molar-refractivity contribution is 0.00578. The highest BCUT2D eigenvalue weighted by Gasteiger charge is 2.51. The van der Waals surface area contributed by atoms with Gasteiger partial charge in [-0.15, -0.1) is 0 Å². The van der Waals surface area contributed by atoms with Crippen LogP contribution in [0.25, 0.3) is 0 Å². The summed E-state index contributed by atoms with van der Waals surface area (Å²) in [5.74, 6) is -0.154. The molecule has 1 aliphatic rings. The number of carbonyl (C=O) groups excluding carboxylic acids is 1. The summed E-state index contributed by atoms with van der Waals surface area (Å²) >= 11 is 0. The van der Waals surface area contributed by atoms with Gasteiger partial charge < -0.3 is 14.6 Å². The molecule has 0 spiro atoms. The Labute approximate surface area is 132 Å². The topological polar surface area (TPSA) is 60.5 Å². The van der Waals surface area contributed by atoms with Gasteiger partial charge in [0.2, 0.25) is 0 Å². The van der Waals surface area contributed by atoms with Gasteiger partial charge in [0, 0.05) is 23.4 Å². The standard InChI is InChI=1S/C16H25BN2O3/c1-14(2,3)19-13(20)11-8-12(10-18-9-11)17-21-15(4,5)16(6,7)22-17/h8-10H,1-7H3,(H,19,20). The van der Waals surface area contributed by atoms with E-state index in [0.717, 1.165) is 5.46 Å². The van der Waals surface area contributed by atoms with Crippen molar-refractivity contribution in [3.8, 4) is 0 Å². The Balaban J connectivity index is 2.22. The van der Waals surface area contributed by atoms with Gasteiger partial charge in [-0.1, -0.05) is 0 Å². The monoisotopic (exact) mass is 304 g/mol. The minimum atomic E-state index is -0.514. The highest BCUT2D eigenvalue weighted by atomic mass is 16.7. The van der Waals surface area contributed by atoms with Crippen LogP contribution in [0.4, 0.5) is 0 Å². The molecule has 6 heteroatoms. The van der Waals surface area contributed by atoms with Gasteiger partial charge in [-0.2, -0.15) is 0 Å². The lowest BCUT2D eigenvalue weighted by Crippen LogP contribution is -2.41. The molecule has 0 saturated carbocycles. The van der Waals surface area contributed by atoms with Crippen LogP contribution in [-0.4, -0.2) is 34.8 Å². The summed E-state index contributed by atoms with van der Waals surface area (Å²) in [6.07, 6.45) is 3.23. The third-order valence-electron chi connectivity index (χ3n) is 4.04. The number of nitrogens with one attached hydrogen (secondary N) is 1. The number of pyridine rings is 1. The second-order valence-corrected chi connectivity index (χ2v) is 7.80. The molecule has 2 heterocycles. The van der Waals surface area contributed by atoms with E-state index in [1.807, 2.05) is 48.5 Å².